The molecule has 2 heterocycles. The number of rotatable bonds is 6. The average Bonchev–Trinajstić information content (AvgIpc) is 2.92. The standard InChI is InChI=1S/C30H35IN6/c1-36(2)19-20-8-10-23(11-9-20)29(31)37-17-16-34-30(33)28(37)27(32)24-13-12-22-14-15-25(35-26(22)18-24)21-6-4-3-5-7-21/h3-7,12-18,20,23,29H,8-11,19,32H2,1-2H3,(H2,33,34)/b28-27-/t20-,23-,29?. The van der Waals surface area contributed by atoms with Crippen molar-refractivity contribution in [3.8, 4) is 11.3 Å². The minimum atomic E-state index is 0.250. The van der Waals surface area contributed by atoms with E-state index in [-0.39, 0.29) is 4.05 Å². The van der Waals surface area contributed by atoms with Gasteiger partial charge in [-0.05, 0) is 63.7 Å². The van der Waals surface area contributed by atoms with Crippen LogP contribution in [0.2, 0.25) is 0 Å². The van der Waals surface area contributed by atoms with E-state index in [0.29, 0.717) is 17.5 Å². The fraction of sp³-hybridized carbons (Fsp3) is 0.333. The summed E-state index contributed by atoms with van der Waals surface area (Å²) in [4.78, 5) is 13.9. The Morgan fingerprint density at radius 2 is 1.78 bits per heavy atom. The van der Waals surface area contributed by atoms with E-state index in [2.05, 4.69) is 87.9 Å². The largest absolute Gasteiger partial charge is 0.396 e. The smallest absolute Gasteiger partial charge is 0.149 e. The highest BCUT2D eigenvalue weighted by Gasteiger charge is 2.33. The van der Waals surface area contributed by atoms with Gasteiger partial charge in [0, 0.05) is 35.5 Å². The number of nitrogens with two attached hydrogens (primary N) is 2. The lowest BCUT2D eigenvalue weighted by atomic mass is 9.81. The Morgan fingerprint density at radius 3 is 2.51 bits per heavy atom. The van der Waals surface area contributed by atoms with Crippen LogP contribution in [0.3, 0.4) is 0 Å². The van der Waals surface area contributed by atoms with Crippen molar-refractivity contribution in [1.29, 1.82) is 0 Å². The molecule has 0 bridgehead atoms. The van der Waals surface area contributed by atoms with E-state index >= 15 is 0 Å². The molecule has 3 aromatic rings. The molecule has 192 valence electrons. The maximum Gasteiger partial charge on any atom is 0.149 e. The number of amidine groups is 1. The van der Waals surface area contributed by atoms with E-state index in [4.69, 9.17) is 16.5 Å². The maximum atomic E-state index is 6.84. The Hall–Kier alpha value is -2.91. The molecular weight excluding hydrogens is 571 g/mol. The number of aromatic nitrogens is 1. The molecule has 1 aliphatic carbocycles. The molecule has 1 fully saturated rings. The lowest BCUT2D eigenvalue weighted by Gasteiger charge is -2.39. The number of fused-ring (bicyclic) bond motifs is 1. The molecule has 37 heavy (non-hydrogen) atoms. The highest BCUT2D eigenvalue weighted by Crippen LogP contribution is 2.38. The first-order valence-electron chi connectivity index (χ1n) is 12.9. The summed E-state index contributed by atoms with van der Waals surface area (Å²) in [6, 6.07) is 20.6. The van der Waals surface area contributed by atoms with Crippen molar-refractivity contribution in [3.63, 3.8) is 0 Å². The molecule has 0 spiro atoms. The van der Waals surface area contributed by atoms with Crippen molar-refractivity contribution >= 4 is 45.0 Å². The van der Waals surface area contributed by atoms with Gasteiger partial charge < -0.3 is 21.3 Å². The molecule has 6 nitrogen and oxygen atoms in total. The monoisotopic (exact) mass is 606 g/mol. The number of aliphatic imine (C=N–C) groups is 1. The van der Waals surface area contributed by atoms with Crippen molar-refractivity contribution in [1.82, 2.24) is 14.8 Å². The summed E-state index contributed by atoms with van der Waals surface area (Å²) < 4.78 is 0.250. The number of nitrogens with zero attached hydrogens (tertiary/aromatic N) is 4. The van der Waals surface area contributed by atoms with E-state index in [1.54, 1.807) is 6.20 Å². The third kappa shape index (κ3) is 5.67. The minimum absolute atomic E-state index is 0.250. The molecule has 1 aromatic heterocycles. The second-order valence-corrected chi connectivity index (χ2v) is 11.6. The van der Waals surface area contributed by atoms with Gasteiger partial charge in [-0.15, -0.1) is 0 Å². The first kappa shape index (κ1) is 25.7. The second kappa shape index (κ2) is 11.2. The van der Waals surface area contributed by atoms with Crippen LogP contribution in [0.25, 0.3) is 27.9 Å². The van der Waals surface area contributed by atoms with Crippen LogP contribution in [0.4, 0.5) is 0 Å². The molecule has 1 saturated carbocycles. The van der Waals surface area contributed by atoms with Gasteiger partial charge in [0.1, 0.15) is 11.5 Å². The van der Waals surface area contributed by atoms with Crippen LogP contribution in [-0.4, -0.2) is 45.3 Å². The lowest BCUT2D eigenvalue weighted by molar-refractivity contribution is 0.198. The number of alkyl halides is 1. The third-order valence-corrected chi connectivity index (χ3v) is 9.06. The zero-order valence-electron chi connectivity index (χ0n) is 21.5. The molecule has 1 unspecified atom stereocenters. The van der Waals surface area contributed by atoms with Gasteiger partial charge in [0.2, 0.25) is 0 Å². The SMILES string of the molecule is CN(C)C[C@H]1CC[C@H](C(I)N2C=CN=C(N)/C2=C(/N)c2ccc3ccc(-c4ccccc4)nc3c2)CC1. The number of benzene rings is 2. The van der Waals surface area contributed by atoms with Gasteiger partial charge in [-0.25, -0.2) is 9.98 Å². The molecule has 1 aliphatic heterocycles. The van der Waals surface area contributed by atoms with Crippen LogP contribution >= 0.6 is 22.6 Å². The van der Waals surface area contributed by atoms with E-state index in [1.807, 2.05) is 30.5 Å². The van der Waals surface area contributed by atoms with Gasteiger partial charge in [0.15, 0.2) is 0 Å². The highest BCUT2D eigenvalue weighted by atomic mass is 127. The molecule has 0 saturated heterocycles. The molecule has 1 atom stereocenters. The Kier molecular flexibility index (Phi) is 7.81. The molecule has 7 heteroatoms. The average molecular weight is 607 g/mol. The molecule has 2 aromatic carbocycles. The Morgan fingerprint density at radius 1 is 1.05 bits per heavy atom. The fourth-order valence-corrected chi connectivity index (χ4v) is 6.70. The van der Waals surface area contributed by atoms with Gasteiger partial charge in [0.05, 0.1) is 21.0 Å². The molecule has 5 rings (SSSR count). The predicted octanol–water partition coefficient (Wildman–Crippen LogP) is 5.80. The van der Waals surface area contributed by atoms with Gasteiger partial charge in [-0.3, -0.25) is 0 Å². The Balaban J connectivity index is 1.44. The van der Waals surface area contributed by atoms with Crippen LogP contribution in [0.5, 0.6) is 0 Å². The minimum Gasteiger partial charge on any atom is -0.396 e. The summed E-state index contributed by atoms with van der Waals surface area (Å²) in [5.41, 5.74) is 18.6. The summed E-state index contributed by atoms with van der Waals surface area (Å²) >= 11 is 2.57. The van der Waals surface area contributed by atoms with E-state index in [1.165, 1.54) is 32.2 Å². The number of halogens is 1. The van der Waals surface area contributed by atoms with E-state index in [0.717, 1.165) is 39.3 Å². The molecule has 0 amide bonds. The van der Waals surface area contributed by atoms with Crippen molar-refractivity contribution < 1.29 is 0 Å². The van der Waals surface area contributed by atoms with Crippen LogP contribution in [-0.2, 0) is 0 Å². The Bertz CT molecular complexity index is 1340. The summed E-state index contributed by atoms with van der Waals surface area (Å²) in [7, 11) is 4.33. The van der Waals surface area contributed by atoms with Crippen LogP contribution in [0, 0.1) is 11.8 Å². The summed E-state index contributed by atoms with van der Waals surface area (Å²) in [6.07, 6.45) is 8.75. The topological polar surface area (TPSA) is 83.8 Å². The zero-order valence-corrected chi connectivity index (χ0v) is 23.7. The van der Waals surface area contributed by atoms with Crippen LogP contribution in [0.15, 0.2) is 83.8 Å². The molecular formula is C30H35IN6. The fourth-order valence-electron chi connectivity index (χ4n) is 5.52. The second-order valence-electron chi connectivity index (χ2n) is 10.4. The van der Waals surface area contributed by atoms with Crippen LogP contribution < -0.4 is 11.5 Å². The van der Waals surface area contributed by atoms with Crippen LogP contribution in [0.1, 0.15) is 31.2 Å². The number of hydrogen-bond acceptors (Lipinski definition) is 6. The van der Waals surface area contributed by atoms with Crippen molar-refractivity contribution in [2.24, 2.45) is 28.3 Å². The first-order chi connectivity index (χ1) is 17.9. The summed E-state index contributed by atoms with van der Waals surface area (Å²) in [5, 5.41) is 1.07. The maximum absolute atomic E-state index is 6.84. The van der Waals surface area contributed by atoms with Crippen molar-refractivity contribution in [2.75, 3.05) is 20.6 Å². The van der Waals surface area contributed by atoms with Crippen molar-refractivity contribution in [2.45, 2.75) is 29.7 Å². The van der Waals surface area contributed by atoms with Gasteiger partial charge in [0.25, 0.3) is 0 Å². The van der Waals surface area contributed by atoms with Gasteiger partial charge >= 0.3 is 0 Å². The third-order valence-electron chi connectivity index (χ3n) is 7.44. The van der Waals surface area contributed by atoms with E-state index in [9.17, 15) is 0 Å². The molecule has 4 N–H and O–H groups in total. The normalized spacial score (nSPS) is 22.3. The predicted molar refractivity (Wildman–Crippen MR) is 163 cm³/mol. The quantitative estimate of drug-likeness (QED) is 0.211. The summed E-state index contributed by atoms with van der Waals surface area (Å²) in [6.45, 7) is 1.17. The van der Waals surface area contributed by atoms with Gasteiger partial charge in [-0.2, -0.15) is 0 Å². The van der Waals surface area contributed by atoms with E-state index < -0.39 is 0 Å². The number of pyridine rings is 1. The van der Waals surface area contributed by atoms with Gasteiger partial charge in [-0.1, -0.05) is 71.1 Å². The van der Waals surface area contributed by atoms with Crippen molar-refractivity contribution in [3.05, 3.63) is 84.3 Å². The first-order valence-corrected chi connectivity index (χ1v) is 14.2. The zero-order chi connectivity index (χ0) is 25.9. The highest BCUT2D eigenvalue weighted by molar-refractivity contribution is 14.1. The lowest BCUT2D eigenvalue weighted by Crippen LogP contribution is -2.41. The molecule has 0 radical (unpaired) electrons. The summed E-state index contributed by atoms with van der Waals surface area (Å²) in [5.74, 6) is 1.81. The number of hydrogen-bond donors (Lipinski definition) is 2. The molecule has 2 aliphatic rings. The Labute approximate surface area is 233 Å².